The van der Waals surface area contributed by atoms with Crippen LogP contribution in [0.25, 0.3) is 6.08 Å². The average Bonchev–Trinajstić information content (AvgIpc) is 2.51. The Morgan fingerprint density at radius 2 is 1.83 bits per heavy atom. The molecular weight excluding hydrogens is 306 g/mol. The number of benzene rings is 1. The van der Waals surface area contributed by atoms with E-state index in [1.54, 1.807) is 18.2 Å². The van der Waals surface area contributed by atoms with Crippen molar-refractivity contribution in [3.63, 3.8) is 0 Å². The van der Waals surface area contributed by atoms with E-state index in [9.17, 15) is 14.4 Å². The Bertz CT molecular complexity index is 624. The summed E-state index contributed by atoms with van der Waals surface area (Å²) in [6, 6.07) is 3.47. The van der Waals surface area contributed by atoms with Gasteiger partial charge in [-0.3, -0.25) is 9.59 Å². The molecular formula is C15H17NO7. The van der Waals surface area contributed by atoms with Gasteiger partial charge in [-0.15, -0.1) is 0 Å². The zero-order valence-corrected chi connectivity index (χ0v) is 12.6. The summed E-state index contributed by atoms with van der Waals surface area (Å²) in [7, 11) is 2.97. The fourth-order valence-electron chi connectivity index (χ4n) is 1.72. The van der Waals surface area contributed by atoms with Crippen molar-refractivity contribution in [1.82, 2.24) is 5.32 Å². The van der Waals surface area contributed by atoms with E-state index in [-0.39, 0.29) is 0 Å². The Labute approximate surface area is 132 Å². The smallest absolute Gasteiger partial charge is 0.326 e. The first kappa shape index (κ1) is 18.0. The highest BCUT2D eigenvalue weighted by Gasteiger charge is 2.21. The monoisotopic (exact) mass is 323 g/mol. The zero-order valence-electron chi connectivity index (χ0n) is 12.6. The molecule has 0 aromatic heterocycles. The minimum Gasteiger partial charge on any atom is -0.493 e. The van der Waals surface area contributed by atoms with E-state index < -0.39 is 30.3 Å². The Hall–Kier alpha value is -3.03. The van der Waals surface area contributed by atoms with Crippen LogP contribution in [0.2, 0.25) is 0 Å². The summed E-state index contributed by atoms with van der Waals surface area (Å²) in [5, 5.41) is 19.6. The summed E-state index contributed by atoms with van der Waals surface area (Å²) in [6.07, 6.45) is 1.85. The molecule has 0 radical (unpaired) electrons. The molecule has 0 spiro atoms. The first-order valence-corrected chi connectivity index (χ1v) is 6.52. The molecule has 0 aliphatic rings. The number of methoxy groups -OCH3 is 2. The fourth-order valence-corrected chi connectivity index (χ4v) is 1.72. The molecule has 0 aliphatic heterocycles. The number of hydrogen-bond acceptors (Lipinski definition) is 5. The van der Waals surface area contributed by atoms with Crippen molar-refractivity contribution in [3.05, 3.63) is 29.8 Å². The van der Waals surface area contributed by atoms with Crippen LogP contribution in [-0.4, -0.2) is 48.3 Å². The Kier molecular flexibility index (Phi) is 6.60. The van der Waals surface area contributed by atoms with Gasteiger partial charge in [0.25, 0.3) is 0 Å². The van der Waals surface area contributed by atoms with E-state index in [1.807, 2.05) is 0 Å². The Morgan fingerprint density at radius 1 is 1.17 bits per heavy atom. The highest BCUT2D eigenvalue weighted by molar-refractivity contribution is 5.95. The molecule has 1 unspecified atom stereocenters. The Balaban J connectivity index is 2.78. The highest BCUT2D eigenvalue weighted by atomic mass is 16.5. The summed E-state index contributed by atoms with van der Waals surface area (Å²) in [5.74, 6) is -2.44. The summed E-state index contributed by atoms with van der Waals surface area (Å²) >= 11 is 0. The second-order valence-corrected chi connectivity index (χ2v) is 4.45. The van der Waals surface area contributed by atoms with Gasteiger partial charge in [-0.2, -0.15) is 0 Å². The lowest BCUT2D eigenvalue weighted by atomic mass is 10.1. The molecule has 1 aromatic carbocycles. The first-order valence-electron chi connectivity index (χ1n) is 6.52. The average molecular weight is 323 g/mol. The van der Waals surface area contributed by atoms with E-state index in [0.29, 0.717) is 17.1 Å². The number of rotatable bonds is 8. The van der Waals surface area contributed by atoms with Crippen LogP contribution in [0.15, 0.2) is 24.3 Å². The lowest BCUT2D eigenvalue weighted by Crippen LogP contribution is -2.41. The van der Waals surface area contributed by atoms with Gasteiger partial charge in [0.2, 0.25) is 5.91 Å². The number of carboxylic acids is 2. The number of nitrogens with one attached hydrogen (secondary N) is 1. The SMILES string of the molecule is COc1ccc(/C=C/C(=O)NC(CC(=O)O)C(=O)O)cc1OC. The standard InChI is InChI=1S/C15H17NO7/c1-22-11-5-3-9(7-12(11)23-2)4-6-13(17)16-10(15(20)21)8-14(18)19/h3-7,10H,8H2,1-2H3,(H,16,17)(H,18,19)(H,20,21)/b6-4+. The van der Waals surface area contributed by atoms with E-state index in [1.165, 1.54) is 20.3 Å². The highest BCUT2D eigenvalue weighted by Crippen LogP contribution is 2.27. The minimum atomic E-state index is -1.49. The predicted molar refractivity (Wildman–Crippen MR) is 80.4 cm³/mol. The Morgan fingerprint density at radius 3 is 2.35 bits per heavy atom. The predicted octanol–water partition coefficient (Wildman–Crippen LogP) is 0.761. The van der Waals surface area contributed by atoms with Crippen molar-refractivity contribution < 1.29 is 34.1 Å². The second-order valence-electron chi connectivity index (χ2n) is 4.45. The van der Waals surface area contributed by atoms with Crippen LogP contribution in [0.5, 0.6) is 11.5 Å². The van der Waals surface area contributed by atoms with E-state index in [2.05, 4.69) is 5.32 Å². The van der Waals surface area contributed by atoms with Gasteiger partial charge in [0, 0.05) is 6.08 Å². The topological polar surface area (TPSA) is 122 Å². The van der Waals surface area contributed by atoms with Crippen LogP contribution < -0.4 is 14.8 Å². The van der Waals surface area contributed by atoms with Crippen LogP contribution in [-0.2, 0) is 14.4 Å². The van der Waals surface area contributed by atoms with Crippen molar-refractivity contribution in [2.75, 3.05) is 14.2 Å². The molecule has 0 aliphatic carbocycles. The van der Waals surface area contributed by atoms with Crippen LogP contribution in [0.1, 0.15) is 12.0 Å². The molecule has 1 atom stereocenters. The third-order valence-electron chi connectivity index (χ3n) is 2.83. The molecule has 0 bridgehead atoms. The van der Waals surface area contributed by atoms with E-state index in [0.717, 1.165) is 6.08 Å². The maximum absolute atomic E-state index is 11.7. The molecule has 23 heavy (non-hydrogen) atoms. The number of aliphatic carboxylic acids is 2. The summed E-state index contributed by atoms with van der Waals surface area (Å²) in [6.45, 7) is 0. The van der Waals surface area contributed by atoms with E-state index >= 15 is 0 Å². The molecule has 8 nitrogen and oxygen atoms in total. The van der Waals surface area contributed by atoms with Crippen molar-refractivity contribution in [3.8, 4) is 11.5 Å². The second kappa shape index (κ2) is 8.42. The molecule has 8 heteroatoms. The van der Waals surface area contributed by atoms with E-state index in [4.69, 9.17) is 19.7 Å². The minimum absolute atomic E-state index is 0.476. The normalized spacial score (nSPS) is 11.7. The number of carbonyl (C=O) groups is 3. The molecule has 0 saturated heterocycles. The van der Waals surface area contributed by atoms with Gasteiger partial charge < -0.3 is 25.0 Å². The fraction of sp³-hybridized carbons (Fsp3) is 0.267. The molecule has 3 N–H and O–H groups in total. The quantitative estimate of drug-likeness (QED) is 0.604. The van der Waals surface area contributed by atoms with Gasteiger partial charge in [-0.25, -0.2) is 4.79 Å². The number of ether oxygens (including phenoxy) is 2. The van der Waals surface area contributed by atoms with Crippen LogP contribution >= 0.6 is 0 Å². The first-order chi connectivity index (χ1) is 10.9. The molecule has 124 valence electrons. The van der Waals surface area contributed by atoms with Crippen molar-refractivity contribution in [1.29, 1.82) is 0 Å². The largest absolute Gasteiger partial charge is 0.493 e. The van der Waals surface area contributed by atoms with Gasteiger partial charge in [0.15, 0.2) is 11.5 Å². The molecule has 1 aromatic rings. The van der Waals surface area contributed by atoms with Crippen molar-refractivity contribution in [2.45, 2.75) is 12.5 Å². The summed E-state index contributed by atoms with van der Waals surface area (Å²) < 4.78 is 10.2. The number of hydrogen-bond donors (Lipinski definition) is 3. The van der Waals surface area contributed by atoms with Gasteiger partial charge in [0.1, 0.15) is 6.04 Å². The van der Waals surface area contributed by atoms with Gasteiger partial charge in [-0.1, -0.05) is 6.07 Å². The summed E-state index contributed by atoms with van der Waals surface area (Å²) in [4.78, 5) is 33.1. The molecule has 0 heterocycles. The van der Waals surface area contributed by atoms with Crippen molar-refractivity contribution >= 4 is 23.9 Å². The third-order valence-corrected chi connectivity index (χ3v) is 2.83. The maximum Gasteiger partial charge on any atom is 0.326 e. The van der Waals surface area contributed by atoms with Gasteiger partial charge in [0.05, 0.1) is 20.6 Å². The summed E-state index contributed by atoms with van der Waals surface area (Å²) in [5.41, 5.74) is 0.628. The molecule has 1 amide bonds. The van der Waals surface area contributed by atoms with Crippen LogP contribution in [0, 0.1) is 0 Å². The van der Waals surface area contributed by atoms with Gasteiger partial charge in [-0.05, 0) is 23.8 Å². The lowest BCUT2D eigenvalue weighted by Gasteiger charge is -2.10. The lowest BCUT2D eigenvalue weighted by molar-refractivity contribution is -0.146. The van der Waals surface area contributed by atoms with Crippen molar-refractivity contribution in [2.24, 2.45) is 0 Å². The number of carbonyl (C=O) groups excluding carboxylic acids is 1. The van der Waals surface area contributed by atoms with Crippen LogP contribution in [0.4, 0.5) is 0 Å². The molecule has 0 saturated carbocycles. The zero-order chi connectivity index (χ0) is 17.4. The third kappa shape index (κ3) is 5.70. The van der Waals surface area contributed by atoms with Crippen LogP contribution in [0.3, 0.4) is 0 Å². The molecule has 1 rings (SSSR count). The number of carboxylic acid groups (broad SMARTS) is 2. The number of amides is 1. The van der Waals surface area contributed by atoms with Gasteiger partial charge >= 0.3 is 11.9 Å². The maximum atomic E-state index is 11.7. The molecule has 0 fully saturated rings.